The number of anilines is 3. The molecule has 58 heavy (non-hydrogen) atoms. The van der Waals surface area contributed by atoms with Crippen molar-refractivity contribution < 1.29 is 28.6 Å². The van der Waals surface area contributed by atoms with Gasteiger partial charge in [0.05, 0.1) is 41.7 Å². The summed E-state index contributed by atoms with van der Waals surface area (Å²) in [7, 11) is 1.54. The number of ether oxygens (including phenoxy) is 3. The van der Waals surface area contributed by atoms with Crippen molar-refractivity contribution in [3.05, 3.63) is 130 Å². The highest BCUT2D eigenvalue weighted by atomic mass is 32.1. The Kier molecular flexibility index (Phi) is 9.94. The van der Waals surface area contributed by atoms with Crippen LogP contribution < -0.4 is 29.3 Å². The van der Waals surface area contributed by atoms with Gasteiger partial charge in [0, 0.05) is 60.9 Å². The fourth-order valence-electron chi connectivity index (χ4n) is 8.18. The highest BCUT2D eigenvalue weighted by molar-refractivity contribution is 7.80. The highest BCUT2D eigenvalue weighted by Gasteiger charge is 2.38. The van der Waals surface area contributed by atoms with Crippen molar-refractivity contribution in [2.45, 2.75) is 57.9 Å². The molecule has 0 fully saturated rings. The number of carbonyl (C=O) groups excluding carboxylic acids is 3. The Morgan fingerprint density at radius 1 is 0.741 bits per heavy atom. The van der Waals surface area contributed by atoms with Gasteiger partial charge in [-0.25, -0.2) is 0 Å². The molecule has 4 aliphatic rings. The molecule has 0 spiro atoms. The van der Waals surface area contributed by atoms with Gasteiger partial charge in [-0.05, 0) is 89.4 Å². The smallest absolute Gasteiger partial charge is 0.261 e. The summed E-state index contributed by atoms with van der Waals surface area (Å²) in [5.41, 5.74) is 9.03. The molecular formula is C46H41N5O6S. The second-order valence-electron chi connectivity index (χ2n) is 14.9. The average molecular weight is 792 g/mol. The van der Waals surface area contributed by atoms with Gasteiger partial charge in [-0.15, -0.1) is 0 Å². The van der Waals surface area contributed by atoms with Crippen LogP contribution in [0.3, 0.4) is 0 Å². The summed E-state index contributed by atoms with van der Waals surface area (Å²) >= 11 is 4.26. The molecule has 5 aromatic carbocycles. The average Bonchev–Trinajstić information content (AvgIpc) is 3.72. The minimum atomic E-state index is -0.181. The van der Waals surface area contributed by atoms with Crippen LogP contribution in [0.15, 0.2) is 101 Å². The lowest BCUT2D eigenvalue weighted by Crippen LogP contribution is -2.37. The lowest BCUT2D eigenvalue weighted by atomic mass is 10.1. The number of fused-ring (bicyclic) bond motifs is 8. The van der Waals surface area contributed by atoms with Crippen molar-refractivity contribution in [2.24, 2.45) is 9.98 Å². The summed E-state index contributed by atoms with van der Waals surface area (Å²) in [5.74, 6) is 1.68. The van der Waals surface area contributed by atoms with E-state index in [-0.39, 0.29) is 43.0 Å². The van der Waals surface area contributed by atoms with E-state index in [9.17, 15) is 14.4 Å². The summed E-state index contributed by atoms with van der Waals surface area (Å²) in [5, 5.41) is 3.01. The number of hydrogen-bond acceptors (Lipinski definition) is 9. The summed E-state index contributed by atoms with van der Waals surface area (Å²) < 4.78 is 18.5. The molecule has 2 atom stereocenters. The van der Waals surface area contributed by atoms with Crippen molar-refractivity contribution >= 4 is 71.2 Å². The predicted octanol–water partition coefficient (Wildman–Crippen LogP) is 8.38. The largest absolute Gasteiger partial charge is 0.493 e. The number of hydrogen-bond donors (Lipinski definition) is 2. The number of carbonyl (C=O) groups is 3. The lowest BCUT2D eigenvalue weighted by molar-refractivity contribution is -0.116. The summed E-state index contributed by atoms with van der Waals surface area (Å²) in [6, 6.07) is 28.4. The van der Waals surface area contributed by atoms with Crippen molar-refractivity contribution in [2.75, 3.05) is 28.0 Å². The van der Waals surface area contributed by atoms with E-state index in [0.717, 1.165) is 45.6 Å². The molecule has 5 aromatic rings. The number of aliphatic imine (C=N–C) groups is 2. The first-order valence-corrected chi connectivity index (χ1v) is 20.0. The van der Waals surface area contributed by atoms with E-state index in [1.165, 1.54) is 7.11 Å². The first-order valence-electron chi connectivity index (χ1n) is 19.3. The van der Waals surface area contributed by atoms with Crippen molar-refractivity contribution in [3.8, 4) is 17.2 Å². The van der Waals surface area contributed by atoms with E-state index >= 15 is 0 Å². The van der Waals surface area contributed by atoms with Crippen LogP contribution in [0.25, 0.3) is 0 Å². The standard InChI is InChI=1S/C46H41N5O6S/c1-27-14-35-37(47-23-33-18-30-8-3-5-10-39(30)50(33)45(35)53)21-41(27)56-25-28-15-29(17-32(16-28)49-44(52)12-7-13-58)26-57-43-22-38-36(20-42(43)55-2)46(54)51-34(24-48-38)19-31-9-4-6-11-40(31)51/h3-6,8-11,14-17,20-24,33-34,58H,7,12-13,18-19,25-26H2,1-2H3,(H,49,52)/t33-,34-/m0/s1. The van der Waals surface area contributed by atoms with E-state index < -0.39 is 0 Å². The number of nitrogens with one attached hydrogen (secondary N) is 1. The molecule has 12 heteroatoms. The number of aryl methyl sites for hydroxylation is 1. The number of para-hydroxylation sites is 2. The third-order valence-electron chi connectivity index (χ3n) is 11.0. The Labute approximate surface area is 341 Å². The van der Waals surface area contributed by atoms with Crippen LogP contribution in [0.2, 0.25) is 0 Å². The number of rotatable bonds is 11. The highest BCUT2D eigenvalue weighted by Crippen LogP contribution is 2.42. The minimum absolute atomic E-state index is 0.0845. The maximum absolute atomic E-state index is 13.9. The second kappa shape index (κ2) is 15.5. The lowest BCUT2D eigenvalue weighted by Gasteiger charge is -2.22. The van der Waals surface area contributed by atoms with Crippen LogP contribution in [-0.4, -0.2) is 55.1 Å². The first-order chi connectivity index (χ1) is 28.3. The van der Waals surface area contributed by atoms with Crippen molar-refractivity contribution in [1.82, 2.24) is 0 Å². The van der Waals surface area contributed by atoms with E-state index in [1.807, 2.05) is 97.0 Å². The number of nitrogens with zero attached hydrogens (tertiary/aromatic N) is 4. The van der Waals surface area contributed by atoms with Gasteiger partial charge in [0.1, 0.15) is 19.0 Å². The quantitative estimate of drug-likeness (QED) is 0.130. The molecule has 3 amide bonds. The molecule has 0 aliphatic carbocycles. The Morgan fingerprint density at radius 3 is 1.88 bits per heavy atom. The number of amides is 3. The molecule has 292 valence electrons. The first kappa shape index (κ1) is 37.2. The van der Waals surface area contributed by atoms with Gasteiger partial charge >= 0.3 is 0 Å². The molecule has 4 heterocycles. The summed E-state index contributed by atoms with van der Waals surface area (Å²) in [4.78, 5) is 53.7. The Bertz CT molecular complexity index is 2550. The second-order valence-corrected chi connectivity index (χ2v) is 15.3. The Balaban J connectivity index is 0.958. The van der Waals surface area contributed by atoms with E-state index in [1.54, 1.807) is 17.0 Å². The van der Waals surface area contributed by atoms with Crippen molar-refractivity contribution in [3.63, 3.8) is 0 Å². The maximum Gasteiger partial charge on any atom is 0.261 e. The molecule has 0 radical (unpaired) electrons. The molecule has 1 N–H and O–H groups in total. The van der Waals surface area contributed by atoms with Gasteiger partial charge in [0.15, 0.2) is 11.5 Å². The van der Waals surface area contributed by atoms with Crippen molar-refractivity contribution in [1.29, 1.82) is 0 Å². The summed E-state index contributed by atoms with van der Waals surface area (Å²) in [6.07, 6.45) is 6.07. The molecular weight excluding hydrogens is 751 g/mol. The van der Waals surface area contributed by atoms with E-state index in [2.05, 4.69) is 24.0 Å². The van der Waals surface area contributed by atoms with Gasteiger partial charge in [-0.1, -0.05) is 36.4 Å². The third kappa shape index (κ3) is 6.97. The molecule has 4 aliphatic heterocycles. The monoisotopic (exact) mass is 791 g/mol. The SMILES string of the molecule is COc1cc2c(cc1OCc1cc(COc3cc4c(cc3C)C(=O)N3c5ccccc5C[C@H]3C=N4)cc(NC(=O)CCCS)c1)N=C[C@@H]1Cc3ccccc3N1C2=O. The number of benzene rings is 5. The molecule has 9 rings (SSSR count). The van der Waals surface area contributed by atoms with Gasteiger partial charge in [0.25, 0.3) is 11.8 Å². The van der Waals surface area contributed by atoms with Crippen LogP contribution in [-0.2, 0) is 30.8 Å². The minimum Gasteiger partial charge on any atom is -0.493 e. The maximum atomic E-state index is 13.9. The molecule has 11 nitrogen and oxygen atoms in total. The fourth-order valence-corrected chi connectivity index (χ4v) is 8.33. The van der Waals surface area contributed by atoms with Crippen LogP contribution >= 0.6 is 12.6 Å². The van der Waals surface area contributed by atoms with E-state index in [4.69, 9.17) is 24.2 Å². The molecule has 0 bridgehead atoms. The van der Waals surface area contributed by atoms with Crippen LogP contribution in [0.4, 0.5) is 28.4 Å². The molecule has 0 saturated carbocycles. The molecule has 0 unspecified atom stereocenters. The Hall–Kier alpha value is -6.40. The number of thiol groups is 1. The Morgan fingerprint density at radius 2 is 1.29 bits per heavy atom. The van der Waals surface area contributed by atoms with E-state index in [0.29, 0.717) is 70.5 Å². The zero-order valence-electron chi connectivity index (χ0n) is 32.1. The van der Waals surface area contributed by atoms with Crippen LogP contribution in [0.5, 0.6) is 17.2 Å². The zero-order valence-corrected chi connectivity index (χ0v) is 33.0. The number of methoxy groups -OCH3 is 1. The van der Waals surface area contributed by atoms with Crippen LogP contribution in [0, 0.1) is 6.92 Å². The third-order valence-corrected chi connectivity index (χ3v) is 11.3. The van der Waals surface area contributed by atoms with Gasteiger partial charge in [-0.2, -0.15) is 12.6 Å². The van der Waals surface area contributed by atoms with Gasteiger partial charge < -0.3 is 19.5 Å². The zero-order chi connectivity index (χ0) is 39.9. The fraction of sp³-hybridized carbons (Fsp3) is 0.239. The molecule has 0 aromatic heterocycles. The topological polar surface area (TPSA) is 122 Å². The van der Waals surface area contributed by atoms with Gasteiger partial charge in [-0.3, -0.25) is 34.2 Å². The van der Waals surface area contributed by atoms with Crippen LogP contribution in [0.1, 0.15) is 61.4 Å². The normalized spacial score (nSPS) is 17.0. The van der Waals surface area contributed by atoms with Gasteiger partial charge in [0.2, 0.25) is 5.91 Å². The predicted molar refractivity (Wildman–Crippen MR) is 229 cm³/mol. The molecule has 0 saturated heterocycles. The summed E-state index contributed by atoms with van der Waals surface area (Å²) in [6.45, 7) is 2.21.